The maximum absolute atomic E-state index is 8.40. The van der Waals surface area contributed by atoms with Crippen LogP contribution in [0.3, 0.4) is 0 Å². The molecule has 0 unspecified atom stereocenters. The summed E-state index contributed by atoms with van der Waals surface area (Å²) in [5.41, 5.74) is 0. The second-order valence-electron chi connectivity index (χ2n) is 2.63. The Kier molecular flexibility index (Phi) is 1.32. The Bertz CT molecular complexity index is 292. The predicted octanol–water partition coefficient (Wildman–Crippen LogP) is 0.0741. The molecule has 1 aliphatic carbocycles. The van der Waals surface area contributed by atoms with Crippen LogP contribution in [0.1, 0.15) is 24.6 Å². The van der Waals surface area contributed by atoms with E-state index in [0.717, 1.165) is 18.7 Å². The number of nitrogens with zero attached hydrogens (tertiary/aromatic N) is 5. The van der Waals surface area contributed by atoms with E-state index in [4.69, 9.17) is 5.26 Å². The van der Waals surface area contributed by atoms with Crippen LogP contribution in [0, 0.1) is 11.3 Å². The van der Waals surface area contributed by atoms with E-state index in [9.17, 15) is 0 Å². The predicted molar refractivity (Wildman–Crippen MR) is 35.4 cm³/mol. The van der Waals surface area contributed by atoms with Crippen molar-refractivity contribution in [2.75, 3.05) is 0 Å². The van der Waals surface area contributed by atoms with Crippen LogP contribution in [0.5, 0.6) is 0 Å². The zero-order valence-corrected chi connectivity index (χ0v) is 5.93. The van der Waals surface area contributed by atoms with Crippen LogP contribution in [0.15, 0.2) is 0 Å². The highest BCUT2D eigenvalue weighted by molar-refractivity contribution is 5.03. The minimum atomic E-state index is 0.263. The van der Waals surface area contributed by atoms with Gasteiger partial charge in [0, 0.05) is 5.92 Å². The van der Waals surface area contributed by atoms with Gasteiger partial charge in [-0.15, -0.1) is 5.10 Å². The van der Waals surface area contributed by atoms with E-state index in [1.54, 1.807) is 4.68 Å². The molecule has 11 heavy (non-hydrogen) atoms. The quantitative estimate of drug-likeness (QED) is 0.597. The summed E-state index contributed by atoms with van der Waals surface area (Å²) in [7, 11) is 0. The minimum absolute atomic E-state index is 0.263. The Hall–Kier alpha value is -1.44. The van der Waals surface area contributed by atoms with Gasteiger partial charge in [0.25, 0.3) is 0 Å². The maximum atomic E-state index is 8.40. The Balaban J connectivity index is 2.24. The zero-order valence-electron chi connectivity index (χ0n) is 5.93. The number of aromatic nitrogens is 4. The molecule has 2 rings (SSSR count). The van der Waals surface area contributed by atoms with Gasteiger partial charge in [-0.25, -0.2) is 4.68 Å². The monoisotopic (exact) mass is 149 g/mol. The summed E-state index contributed by atoms with van der Waals surface area (Å²) < 4.78 is 1.57. The molecule has 5 nitrogen and oxygen atoms in total. The molecule has 1 fully saturated rings. The normalized spacial score (nSPS) is 16.3. The van der Waals surface area contributed by atoms with Gasteiger partial charge in [-0.2, -0.15) is 5.26 Å². The maximum Gasteiger partial charge on any atom is 0.155 e. The van der Waals surface area contributed by atoms with E-state index in [1.807, 2.05) is 6.07 Å². The number of rotatable bonds is 2. The molecule has 1 aromatic rings. The van der Waals surface area contributed by atoms with Crippen molar-refractivity contribution in [3.05, 3.63) is 5.82 Å². The molecule has 1 saturated carbocycles. The fourth-order valence-corrected chi connectivity index (χ4v) is 1.03. The third-order valence-corrected chi connectivity index (χ3v) is 1.72. The Morgan fingerprint density at radius 1 is 1.64 bits per heavy atom. The van der Waals surface area contributed by atoms with Crippen molar-refractivity contribution in [3.63, 3.8) is 0 Å². The zero-order chi connectivity index (χ0) is 7.68. The SMILES string of the molecule is N#CCn1nnnc1C1CC1. The van der Waals surface area contributed by atoms with Crippen molar-refractivity contribution in [1.29, 1.82) is 5.26 Å². The lowest BCUT2D eigenvalue weighted by Gasteiger charge is -1.94. The summed E-state index contributed by atoms with van der Waals surface area (Å²) in [5.74, 6) is 1.38. The summed E-state index contributed by atoms with van der Waals surface area (Å²) in [4.78, 5) is 0. The lowest BCUT2D eigenvalue weighted by Crippen LogP contribution is -2.02. The van der Waals surface area contributed by atoms with Crippen LogP contribution in [0.25, 0.3) is 0 Å². The second-order valence-corrected chi connectivity index (χ2v) is 2.63. The molecule has 0 radical (unpaired) electrons. The van der Waals surface area contributed by atoms with Gasteiger partial charge in [0.2, 0.25) is 0 Å². The van der Waals surface area contributed by atoms with E-state index < -0.39 is 0 Å². The smallest absolute Gasteiger partial charge is 0.155 e. The Morgan fingerprint density at radius 3 is 3.09 bits per heavy atom. The summed E-state index contributed by atoms with van der Waals surface area (Å²) in [6, 6.07) is 2.01. The third-order valence-electron chi connectivity index (χ3n) is 1.72. The molecule has 0 N–H and O–H groups in total. The number of hydrogen-bond donors (Lipinski definition) is 0. The van der Waals surface area contributed by atoms with E-state index >= 15 is 0 Å². The average molecular weight is 149 g/mol. The molecule has 1 heterocycles. The first-order chi connectivity index (χ1) is 5.42. The fraction of sp³-hybridized carbons (Fsp3) is 0.667. The molecule has 1 aromatic heterocycles. The van der Waals surface area contributed by atoms with Gasteiger partial charge in [0.05, 0.1) is 6.07 Å². The molecule has 0 amide bonds. The van der Waals surface area contributed by atoms with Crippen molar-refractivity contribution in [2.45, 2.75) is 25.3 Å². The van der Waals surface area contributed by atoms with Gasteiger partial charge in [0.1, 0.15) is 6.54 Å². The van der Waals surface area contributed by atoms with Crippen LogP contribution in [-0.2, 0) is 6.54 Å². The second kappa shape index (κ2) is 2.31. The van der Waals surface area contributed by atoms with E-state index in [0.29, 0.717) is 5.92 Å². The molecular weight excluding hydrogens is 142 g/mol. The molecule has 1 aliphatic rings. The van der Waals surface area contributed by atoms with Gasteiger partial charge < -0.3 is 0 Å². The van der Waals surface area contributed by atoms with Gasteiger partial charge in [-0.1, -0.05) is 0 Å². The van der Waals surface area contributed by atoms with Gasteiger partial charge in [-0.05, 0) is 23.3 Å². The highest BCUT2D eigenvalue weighted by Crippen LogP contribution is 2.38. The summed E-state index contributed by atoms with van der Waals surface area (Å²) in [6.45, 7) is 0.263. The molecule has 0 aromatic carbocycles. The van der Waals surface area contributed by atoms with Crippen molar-refractivity contribution in [1.82, 2.24) is 20.2 Å². The van der Waals surface area contributed by atoms with Crippen LogP contribution < -0.4 is 0 Å². The van der Waals surface area contributed by atoms with Crippen molar-refractivity contribution in [2.24, 2.45) is 0 Å². The van der Waals surface area contributed by atoms with Crippen LogP contribution in [0.4, 0.5) is 0 Å². The molecule has 0 aliphatic heterocycles. The Morgan fingerprint density at radius 2 is 2.45 bits per heavy atom. The molecule has 5 heteroatoms. The van der Waals surface area contributed by atoms with Gasteiger partial charge in [-0.3, -0.25) is 0 Å². The van der Waals surface area contributed by atoms with Crippen LogP contribution in [0.2, 0.25) is 0 Å². The number of hydrogen-bond acceptors (Lipinski definition) is 4. The van der Waals surface area contributed by atoms with Gasteiger partial charge >= 0.3 is 0 Å². The average Bonchev–Trinajstić information content (AvgIpc) is 2.75. The molecule has 0 atom stereocenters. The summed E-state index contributed by atoms with van der Waals surface area (Å²) in [6.07, 6.45) is 2.32. The summed E-state index contributed by atoms with van der Waals surface area (Å²) >= 11 is 0. The molecule has 0 spiro atoms. The molecule has 56 valence electrons. The lowest BCUT2D eigenvalue weighted by atomic mass is 10.4. The van der Waals surface area contributed by atoms with Crippen molar-refractivity contribution in [3.8, 4) is 6.07 Å². The first kappa shape index (κ1) is 6.28. The topological polar surface area (TPSA) is 67.4 Å². The molecule has 0 bridgehead atoms. The first-order valence-corrected chi connectivity index (χ1v) is 3.55. The lowest BCUT2D eigenvalue weighted by molar-refractivity contribution is 0.636. The largest absolute Gasteiger partial charge is 0.215 e. The summed E-state index contributed by atoms with van der Waals surface area (Å²) in [5, 5.41) is 19.5. The van der Waals surface area contributed by atoms with Crippen LogP contribution >= 0.6 is 0 Å². The van der Waals surface area contributed by atoms with Gasteiger partial charge in [0.15, 0.2) is 5.82 Å². The molecule has 0 saturated heterocycles. The Labute approximate surface area is 63.6 Å². The minimum Gasteiger partial charge on any atom is -0.215 e. The highest BCUT2D eigenvalue weighted by Gasteiger charge is 2.29. The third kappa shape index (κ3) is 1.07. The van der Waals surface area contributed by atoms with E-state index in [2.05, 4.69) is 15.5 Å². The molecular formula is C6H7N5. The standard InChI is InChI=1S/C6H7N5/c7-3-4-11-6(5-1-2-5)8-9-10-11/h5H,1-2,4H2. The number of nitriles is 1. The highest BCUT2D eigenvalue weighted by atomic mass is 15.5. The van der Waals surface area contributed by atoms with Crippen molar-refractivity contribution < 1.29 is 0 Å². The fourth-order valence-electron chi connectivity index (χ4n) is 1.03. The van der Waals surface area contributed by atoms with E-state index in [1.165, 1.54) is 0 Å². The van der Waals surface area contributed by atoms with Crippen LogP contribution in [-0.4, -0.2) is 20.2 Å². The van der Waals surface area contributed by atoms with Crippen molar-refractivity contribution >= 4 is 0 Å². The first-order valence-electron chi connectivity index (χ1n) is 3.55. The number of tetrazole rings is 1. The van der Waals surface area contributed by atoms with E-state index in [-0.39, 0.29) is 6.54 Å².